The van der Waals surface area contributed by atoms with E-state index in [9.17, 15) is 24.3 Å². The first-order chi connectivity index (χ1) is 22.3. The Labute approximate surface area is 282 Å². The first kappa shape index (κ1) is 34.6. The molecular weight excluding hydrogens is 674 g/mol. The van der Waals surface area contributed by atoms with Gasteiger partial charge in [0.15, 0.2) is 0 Å². The zero-order valence-electron chi connectivity index (χ0n) is 27.3. The van der Waals surface area contributed by atoms with E-state index in [0.717, 1.165) is 30.2 Å². The van der Waals surface area contributed by atoms with E-state index >= 15 is 0 Å². The summed E-state index contributed by atoms with van der Waals surface area (Å²) in [5.41, 5.74) is -1.43. The number of aromatic nitrogens is 4. The van der Waals surface area contributed by atoms with E-state index < -0.39 is 53.1 Å². The molecule has 1 unspecified atom stereocenters. The normalized spacial score (nSPS) is 27.0. The van der Waals surface area contributed by atoms with Gasteiger partial charge in [-0.15, -0.1) is 10.2 Å². The van der Waals surface area contributed by atoms with Crippen LogP contribution < -0.4 is 15.4 Å². The lowest BCUT2D eigenvalue weighted by atomic mass is 10.0. The van der Waals surface area contributed by atoms with Crippen molar-refractivity contribution in [3.63, 3.8) is 0 Å². The Morgan fingerprint density at radius 3 is 2.55 bits per heavy atom. The fraction of sp³-hybridized carbons (Fsp3) is 0.656. The number of alkyl carbamates (subject to hydrolysis) is 1. The van der Waals surface area contributed by atoms with Crippen LogP contribution in [0.3, 0.4) is 0 Å². The predicted molar refractivity (Wildman–Crippen MR) is 173 cm³/mol. The Kier molecular flexibility index (Phi) is 10.4. The minimum Gasteiger partial charge on any atom is -0.493 e. The molecule has 3 fully saturated rings. The van der Waals surface area contributed by atoms with E-state index in [1.54, 1.807) is 26.8 Å². The maximum atomic E-state index is 14.2. The van der Waals surface area contributed by atoms with E-state index in [1.165, 1.54) is 9.70 Å². The van der Waals surface area contributed by atoms with Gasteiger partial charge in [-0.25, -0.2) is 9.59 Å². The first-order valence-electron chi connectivity index (χ1n) is 16.4. The maximum Gasteiger partial charge on any atom is 0.408 e. The Hall–Kier alpha value is -3.75. The van der Waals surface area contributed by atoms with Crippen molar-refractivity contribution in [1.82, 2.24) is 35.7 Å². The number of carbonyl (C=O) groups excluding carboxylic acids is 3. The summed E-state index contributed by atoms with van der Waals surface area (Å²) in [6.07, 6.45) is 5.09. The minimum absolute atomic E-state index is 0.0652. The second kappa shape index (κ2) is 14.2. The molecule has 1 aromatic heterocycles. The van der Waals surface area contributed by atoms with E-state index in [-0.39, 0.29) is 18.9 Å². The van der Waals surface area contributed by atoms with E-state index in [4.69, 9.17) is 9.47 Å². The van der Waals surface area contributed by atoms with Gasteiger partial charge in [0.1, 0.15) is 29.0 Å². The molecule has 15 heteroatoms. The molecule has 2 aliphatic heterocycles. The summed E-state index contributed by atoms with van der Waals surface area (Å²) in [6, 6.07) is 2.97. The highest BCUT2D eigenvalue weighted by Gasteiger charge is 2.62. The SMILES string of the molecule is CCOc1ccc(-c2nnn(C3C[C@H]4C(=O)N[C@@]5(C(=O)O)C[C@H]5CCCCCCC[C@@H](NC(=O)OC(C)(C)C)C(=O)N4C3)n2)cc1Br. The number of tetrazole rings is 1. The molecule has 0 bridgehead atoms. The molecule has 3 N–H and O–H groups in total. The third-order valence-corrected chi connectivity index (χ3v) is 9.60. The molecular formula is C32H44BrN7O7. The molecule has 2 saturated heterocycles. The van der Waals surface area contributed by atoms with Gasteiger partial charge in [0, 0.05) is 18.5 Å². The highest BCUT2D eigenvalue weighted by Crippen LogP contribution is 2.47. The highest BCUT2D eigenvalue weighted by molar-refractivity contribution is 9.10. The van der Waals surface area contributed by atoms with Crippen LogP contribution in [-0.4, -0.2) is 90.5 Å². The lowest BCUT2D eigenvalue weighted by molar-refractivity contribution is -0.146. The zero-order chi connectivity index (χ0) is 33.9. The van der Waals surface area contributed by atoms with E-state index in [2.05, 4.69) is 42.0 Å². The Bertz CT molecular complexity index is 1490. The van der Waals surface area contributed by atoms with Crippen molar-refractivity contribution >= 4 is 39.8 Å². The zero-order valence-corrected chi connectivity index (χ0v) is 28.9. The molecule has 256 valence electrons. The van der Waals surface area contributed by atoms with Crippen molar-refractivity contribution in [2.24, 2.45) is 5.92 Å². The lowest BCUT2D eigenvalue weighted by Crippen LogP contribution is -2.56. The lowest BCUT2D eigenvalue weighted by Gasteiger charge is -2.30. The van der Waals surface area contributed by atoms with Crippen molar-refractivity contribution in [3.8, 4) is 17.1 Å². The summed E-state index contributed by atoms with van der Waals surface area (Å²) in [7, 11) is 0. The molecule has 1 aliphatic carbocycles. The Balaban J connectivity index is 1.43. The number of fused-ring (bicyclic) bond motifs is 2. The van der Waals surface area contributed by atoms with Crippen LogP contribution >= 0.6 is 15.9 Å². The van der Waals surface area contributed by atoms with Crippen molar-refractivity contribution in [3.05, 3.63) is 22.7 Å². The molecule has 1 aromatic carbocycles. The van der Waals surface area contributed by atoms with Gasteiger partial charge in [-0.3, -0.25) is 9.59 Å². The largest absolute Gasteiger partial charge is 0.493 e. The summed E-state index contributed by atoms with van der Waals surface area (Å²) >= 11 is 3.51. The van der Waals surface area contributed by atoms with Gasteiger partial charge in [-0.1, -0.05) is 32.1 Å². The number of carboxylic acids is 1. The number of halogens is 1. The second-order valence-corrected chi connectivity index (χ2v) is 14.5. The monoisotopic (exact) mass is 717 g/mol. The van der Waals surface area contributed by atoms with Crippen LogP contribution in [0.25, 0.3) is 11.4 Å². The van der Waals surface area contributed by atoms with Crippen molar-refractivity contribution in [2.45, 2.75) is 115 Å². The standard InChI is InChI=1S/C32H44BrN7O7/c1-5-46-25-14-13-19(15-22(25)33)26-36-38-40(37-26)21-16-24-27(41)35-32(29(43)44)17-20(32)11-9-7-6-8-10-12-23(28(42)39(24)18-21)34-30(45)47-31(2,3)4/h13-15,20-21,23-24H,5-12,16-18H2,1-4H3,(H,34,45)(H,35,41)(H,43,44)/t20-,21?,23-,24+,32+/m1/s1. The van der Waals surface area contributed by atoms with Crippen molar-refractivity contribution in [2.75, 3.05) is 13.2 Å². The summed E-state index contributed by atoms with van der Waals surface area (Å²) in [4.78, 5) is 56.2. The number of benzene rings is 1. The summed E-state index contributed by atoms with van der Waals surface area (Å²) < 4.78 is 11.8. The molecule has 1 saturated carbocycles. The number of amides is 3. The Morgan fingerprint density at radius 1 is 1.15 bits per heavy atom. The van der Waals surface area contributed by atoms with Crippen LogP contribution in [0, 0.1) is 5.92 Å². The molecule has 3 aliphatic rings. The number of carbonyl (C=O) groups is 4. The molecule has 3 heterocycles. The number of aliphatic carboxylic acids is 1. The minimum atomic E-state index is -1.35. The average Bonchev–Trinajstić information content (AvgIpc) is 3.32. The third kappa shape index (κ3) is 8.04. The van der Waals surface area contributed by atoms with Crippen LogP contribution in [0.5, 0.6) is 5.75 Å². The van der Waals surface area contributed by atoms with E-state index in [1.807, 2.05) is 19.1 Å². The fourth-order valence-electron chi connectivity index (χ4n) is 6.51. The molecule has 14 nitrogen and oxygen atoms in total. The Morgan fingerprint density at radius 2 is 1.87 bits per heavy atom. The number of nitrogens with zero attached hydrogens (tertiary/aromatic N) is 5. The van der Waals surface area contributed by atoms with Gasteiger partial charge in [0.25, 0.3) is 0 Å². The highest BCUT2D eigenvalue weighted by atomic mass is 79.9. The first-order valence-corrected chi connectivity index (χ1v) is 17.2. The summed E-state index contributed by atoms with van der Waals surface area (Å²) in [5.74, 6) is -1.19. The van der Waals surface area contributed by atoms with Gasteiger partial charge in [0.05, 0.1) is 17.1 Å². The van der Waals surface area contributed by atoms with Gasteiger partial charge in [-0.2, -0.15) is 4.80 Å². The molecule has 0 radical (unpaired) electrons. The van der Waals surface area contributed by atoms with Crippen LogP contribution in [-0.2, 0) is 19.1 Å². The fourth-order valence-corrected chi connectivity index (χ4v) is 7.00. The van der Waals surface area contributed by atoms with Crippen molar-refractivity contribution < 1.29 is 33.8 Å². The van der Waals surface area contributed by atoms with E-state index in [0.29, 0.717) is 49.4 Å². The van der Waals surface area contributed by atoms with Crippen LogP contribution in [0.4, 0.5) is 4.79 Å². The number of rotatable bonds is 6. The van der Waals surface area contributed by atoms with Crippen LogP contribution in [0.15, 0.2) is 22.7 Å². The number of ether oxygens (including phenoxy) is 2. The number of carboxylic acid groups (broad SMARTS) is 1. The second-order valence-electron chi connectivity index (χ2n) is 13.6. The number of hydrogen-bond donors (Lipinski definition) is 3. The third-order valence-electron chi connectivity index (χ3n) is 8.98. The van der Waals surface area contributed by atoms with Gasteiger partial charge in [0.2, 0.25) is 17.6 Å². The van der Waals surface area contributed by atoms with Crippen LogP contribution in [0.1, 0.15) is 91.5 Å². The summed E-state index contributed by atoms with van der Waals surface area (Å²) in [6.45, 7) is 7.70. The van der Waals surface area contributed by atoms with Crippen molar-refractivity contribution in [1.29, 1.82) is 0 Å². The van der Waals surface area contributed by atoms with Crippen LogP contribution in [0.2, 0.25) is 0 Å². The summed E-state index contributed by atoms with van der Waals surface area (Å²) in [5, 5.41) is 28.8. The molecule has 0 spiro atoms. The molecule has 5 atom stereocenters. The molecule has 5 rings (SSSR count). The predicted octanol–water partition coefficient (Wildman–Crippen LogP) is 4.24. The topological polar surface area (TPSA) is 178 Å². The van der Waals surface area contributed by atoms with Gasteiger partial charge in [-0.05, 0) is 92.2 Å². The average molecular weight is 719 g/mol. The molecule has 3 amide bonds. The van der Waals surface area contributed by atoms with Gasteiger partial charge < -0.3 is 30.1 Å². The smallest absolute Gasteiger partial charge is 0.408 e. The quantitative estimate of drug-likeness (QED) is 0.392. The number of nitrogens with one attached hydrogen (secondary N) is 2. The maximum absolute atomic E-state index is 14.2. The molecule has 47 heavy (non-hydrogen) atoms. The van der Waals surface area contributed by atoms with Gasteiger partial charge >= 0.3 is 12.1 Å². The molecule has 2 aromatic rings. The number of hydrogen-bond acceptors (Lipinski definition) is 9.